The zero-order valence-corrected chi connectivity index (χ0v) is 9.93. The second-order valence-electron chi connectivity index (χ2n) is 4.31. The SMILES string of the molecule is CC(C(=O)O)(c1ccccc1)c1cccc(F)c1. The van der Waals surface area contributed by atoms with Gasteiger partial charge in [-0.05, 0) is 30.2 Å². The molecule has 0 aliphatic rings. The third-order valence-corrected chi connectivity index (χ3v) is 3.18. The monoisotopic (exact) mass is 244 g/mol. The predicted molar refractivity (Wildman–Crippen MR) is 66.9 cm³/mol. The van der Waals surface area contributed by atoms with Crippen LogP contribution in [-0.2, 0) is 10.2 Å². The first kappa shape index (κ1) is 12.3. The maximum atomic E-state index is 13.3. The van der Waals surface area contributed by atoms with Crippen molar-refractivity contribution < 1.29 is 14.3 Å². The van der Waals surface area contributed by atoms with E-state index in [4.69, 9.17) is 0 Å². The highest BCUT2D eigenvalue weighted by molar-refractivity contribution is 5.85. The lowest BCUT2D eigenvalue weighted by Gasteiger charge is -2.26. The van der Waals surface area contributed by atoms with Gasteiger partial charge >= 0.3 is 5.97 Å². The lowest BCUT2D eigenvalue weighted by molar-refractivity contribution is -0.141. The summed E-state index contributed by atoms with van der Waals surface area (Å²) in [6.07, 6.45) is 0. The van der Waals surface area contributed by atoms with E-state index in [0.717, 1.165) is 0 Å². The molecule has 2 aromatic rings. The second-order valence-corrected chi connectivity index (χ2v) is 4.31. The minimum Gasteiger partial charge on any atom is -0.480 e. The maximum Gasteiger partial charge on any atom is 0.318 e. The van der Waals surface area contributed by atoms with Crippen LogP contribution in [0.4, 0.5) is 4.39 Å². The zero-order chi connectivity index (χ0) is 13.2. The van der Waals surface area contributed by atoms with Crippen LogP contribution in [0.25, 0.3) is 0 Å². The summed E-state index contributed by atoms with van der Waals surface area (Å²) < 4.78 is 13.3. The molecule has 0 aliphatic carbocycles. The number of aliphatic carboxylic acids is 1. The summed E-state index contributed by atoms with van der Waals surface area (Å²) in [7, 11) is 0. The Kier molecular flexibility index (Phi) is 3.15. The van der Waals surface area contributed by atoms with Crippen LogP contribution < -0.4 is 0 Å². The summed E-state index contributed by atoms with van der Waals surface area (Å²) >= 11 is 0. The second kappa shape index (κ2) is 4.61. The number of halogens is 1. The van der Waals surface area contributed by atoms with Gasteiger partial charge in [-0.3, -0.25) is 4.79 Å². The smallest absolute Gasteiger partial charge is 0.318 e. The molecule has 0 saturated heterocycles. The average Bonchev–Trinajstić information content (AvgIpc) is 2.38. The van der Waals surface area contributed by atoms with Crippen LogP contribution in [0, 0.1) is 5.82 Å². The molecular formula is C15H13FO2. The third kappa shape index (κ3) is 1.99. The van der Waals surface area contributed by atoms with Crippen LogP contribution in [0.2, 0.25) is 0 Å². The van der Waals surface area contributed by atoms with Gasteiger partial charge in [0.2, 0.25) is 0 Å². The van der Waals surface area contributed by atoms with Gasteiger partial charge in [-0.2, -0.15) is 0 Å². The molecule has 0 radical (unpaired) electrons. The Morgan fingerprint density at radius 2 is 1.67 bits per heavy atom. The maximum absolute atomic E-state index is 13.3. The summed E-state index contributed by atoms with van der Waals surface area (Å²) in [6, 6.07) is 14.6. The van der Waals surface area contributed by atoms with Gasteiger partial charge in [-0.25, -0.2) is 4.39 Å². The molecule has 1 unspecified atom stereocenters. The molecule has 0 amide bonds. The van der Waals surface area contributed by atoms with E-state index >= 15 is 0 Å². The average molecular weight is 244 g/mol. The van der Waals surface area contributed by atoms with Gasteiger partial charge in [-0.15, -0.1) is 0 Å². The Hall–Kier alpha value is -2.16. The quantitative estimate of drug-likeness (QED) is 0.900. The van der Waals surface area contributed by atoms with Crippen molar-refractivity contribution in [1.82, 2.24) is 0 Å². The fourth-order valence-corrected chi connectivity index (χ4v) is 1.98. The summed E-state index contributed by atoms with van der Waals surface area (Å²) in [5.41, 5.74) is -0.187. The topological polar surface area (TPSA) is 37.3 Å². The summed E-state index contributed by atoms with van der Waals surface area (Å²) in [4.78, 5) is 11.6. The van der Waals surface area contributed by atoms with E-state index in [2.05, 4.69) is 0 Å². The molecule has 2 aromatic carbocycles. The van der Waals surface area contributed by atoms with Crippen molar-refractivity contribution in [2.24, 2.45) is 0 Å². The highest BCUT2D eigenvalue weighted by Gasteiger charge is 2.37. The van der Waals surface area contributed by atoms with Gasteiger partial charge in [0.15, 0.2) is 0 Å². The molecular weight excluding hydrogens is 231 g/mol. The van der Waals surface area contributed by atoms with Crippen molar-refractivity contribution in [1.29, 1.82) is 0 Å². The lowest BCUT2D eigenvalue weighted by Crippen LogP contribution is -2.33. The van der Waals surface area contributed by atoms with Crippen molar-refractivity contribution >= 4 is 5.97 Å². The molecule has 1 atom stereocenters. The fourth-order valence-electron chi connectivity index (χ4n) is 1.98. The first-order valence-electron chi connectivity index (χ1n) is 5.60. The van der Waals surface area contributed by atoms with Gasteiger partial charge in [0.1, 0.15) is 11.2 Å². The number of carbonyl (C=O) groups is 1. The minimum atomic E-state index is -1.25. The first-order valence-corrected chi connectivity index (χ1v) is 5.60. The van der Waals surface area contributed by atoms with Crippen molar-refractivity contribution in [2.75, 3.05) is 0 Å². The Morgan fingerprint density at radius 3 is 2.22 bits per heavy atom. The predicted octanol–water partition coefficient (Wildman–Crippen LogP) is 3.22. The zero-order valence-electron chi connectivity index (χ0n) is 9.93. The van der Waals surface area contributed by atoms with E-state index in [1.54, 1.807) is 37.3 Å². The molecule has 0 bridgehead atoms. The number of hydrogen-bond acceptors (Lipinski definition) is 1. The molecule has 1 N–H and O–H groups in total. The van der Waals surface area contributed by atoms with Gasteiger partial charge in [0, 0.05) is 0 Å². The largest absolute Gasteiger partial charge is 0.480 e. The lowest BCUT2D eigenvalue weighted by atomic mass is 9.76. The van der Waals surface area contributed by atoms with Crippen molar-refractivity contribution in [3.8, 4) is 0 Å². The van der Waals surface area contributed by atoms with Gasteiger partial charge in [0.25, 0.3) is 0 Å². The van der Waals surface area contributed by atoms with E-state index in [-0.39, 0.29) is 0 Å². The first-order chi connectivity index (χ1) is 8.55. The van der Waals surface area contributed by atoms with E-state index in [9.17, 15) is 14.3 Å². The summed E-state index contributed by atoms with van der Waals surface area (Å²) in [5, 5.41) is 9.51. The van der Waals surface area contributed by atoms with Crippen LogP contribution in [-0.4, -0.2) is 11.1 Å². The van der Waals surface area contributed by atoms with Gasteiger partial charge in [-0.1, -0.05) is 42.5 Å². The number of hydrogen-bond donors (Lipinski definition) is 1. The molecule has 0 aliphatic heterocycles. The normalized spacial score (nSPS) is 13.9. The number of carboxylic acid groups (broad SMARTS) is 1. The van der Waals surface area contributed by atoms with Crippen molar-refractivity contribution in [2.45, 2.75) is 12.3 Å². The molecule has 18 heavy (non-hydrogen) atoms. The van der Waals surface area contributed by atoms with Crippen LogP contribution in [0.15, 0.2) is 54.6 Å². The molecule has 0 heterocycles. The molecule has 0 spiro atoms. The number of benzene rings is 2. The highest BCUT2D eigenvalue weighted by atomic mass is 19.1. The standard InChI is InChI=1S/C15H13FO2/c1-15(14(17)18,11-6-3-2-4-7-11)12-8-5-9-13(16)10-12/h2-10H,1H3,(H,17,18). The van der Waals surface area contributed by atoms with Crippen LogP contribution in [0.5, 0.6) is 0 Å². The molecule has 2 rings (SSSR count). The molecule has 0 aromatic heterocycles. The van der Waals surface area contributed by atoms with Crippen molar-refractivity contribution in [3.63, 3.8) is 0 Å². The number of carboxylic acids is 1. The Morgan fingerprint density at radius 1 is 1.06 bits per heavy atom. The highest BCUT2D eigenvalue weighted by Crippen LogP contribution is 2.32. The van der Waals surface area contributed by atoms with E-state index in [0.29, 0.717) is 11.1 Å². The van der Waals surface area contributed by atoms with Crippen LogP contribution in [0.1, 0.15) is 18.1 Å². The fraction of sp³-hybridized carbons (Fsp3) is 0.133. The van der Waals surface area contributed by atoms with Gasteiger partial charge in [0.05, 0.1) is 0 Å². The third-order valence-electron chi connectivity index (χ3n) is 3.18. The summed E-state index contributed by atoms with van der Waals surface area (Å²) in [6.45, 7) is 1.58. The Labute approximate surface area is 105 Å². The molecule has 92 valence electrons. The van der Waals surface area contributed by atoms with E-state index in [1.165, 1.54) is 18.2 Å². The van der Waals surface area contributed by atoms with E-state index in [1.807, 2.05) is 6.07 Å². The van der Waals surface area contributed by atoms with Gasteiger partial charge < -0.3 is 5.11 Å². The minimum absolute atomic E-state index is 0.432. The molecule has 3 heteroatoms. The van der Waals surface area contributed by atoms with Crippen LogP contribution >= 0.6 is 0 Å². The number of rotatable bonds is 3. The molecule has 0 saturated carbocycles. The molecule has 2 nitrogen and oxygen atoms in total. The Bertz CT molecular complexity index is 566. The van der Waals surface area contributed by atoms with Crippen molar-refractivity contribution in [3.05, 3.63) is 71.5 Å². The van der Waals surface area contributed by atoms with Crippen LogP contribution in [0.3, 0.4) is 0 Å². The molecule has 0 fully saturated rings. The van der Waals surface area contributed by atoms with E-state index < -0.39 is 17.2 Å². The summed E-state index contributed by atoms with van der Waals surface area (Å²) in [5.74, 6) is -1.43. The Balaban J connectivity index is 2.62.